The molecule has 3 rings (SSSR count). The predicted octanol–water partition coefficient (Wildman–Crippen LogP) is 2.83. The van der Waals surface area contributed by atoms with Gasteiger partial charge in [0.2, 0.25) is 0 Å². The highest BCUT2D eigenvalue weighted by molar-refractivity contribution is 6.48. The molecule has 2 N–H and O–H groups in total. The van der Waals surface area contributed by atoms with Gasteiger partial charge < -0.3 is 14.8 Å². The molecule has 1 heterocycles. The number of nitrogens with zero attached hydrogens (tertiary/aromatic N) is 3. The third kappa shape index (κ3) is 6.22. The molecule has 3 aromatic rings. The molecule has 0 aliphatic rings. The molecule has 0 bridgehead atoms. The van der Waals surface area contributed by atoms with E-state index in [4.69, 9.17) is 4.74 Å². The fraction of sp³-hybridized carbons (Fsp3) is 0.208. The number of ether oxygens (including phenoxy) is 2. The minimum atomic E-state index is -1.42. The van der Waals surface area contributed by atoms with Crippen LogP contribution >= 0.6 is 0 Å². The van der Waals surface area contributed by atoms with Crippen LogP contribution in [0.2, 0.25) is 0 Å². The van der Waals surface area contributed by atoms with E-state index in [1.807, 2.05) is 0 Å². The number of carbonyl (C=O) groups is 4. The molecule has 1 aromatic heterocycles. The summed E-state index contributed by atoms with van der Waals surface area (Å²) in [6.07, 6.45) is 0.389. The molecule has 0 aliphatic heterocycles. The normalized spacial score (nSPS) is 11.9. The van der Waals surface area contributed by atoms with Crippen molar-refractivity contribution in [1.29, 1.82) is 0 Å². The summed E-state index contributed by atoms with van der Waals surface area (Å²) in [5.41, 5.74) is 3.62. The van der Waals surface area contributed by atoms with Gasteiger partial charge in [-0.05, 0) is 50.2 Å². The maximum absolute atomic E-state index is 13.3. The zero-order chi connectivity index (χ0) is 25.4. The molecule has 35 heavy (non-hydrogen) atoms. The zero-order valence-electron chi connectivity index (χ0n) is 19.3. The highest BCUT2D eigenvalue weighted by atomic mass is 16.5. The van der Waals surface area contributed by atoms with Crippen LogP contribution in [0.4, 0.5) is 10.5 Å². The lowest BCUT2D eigenvalue weighted by Gasteiger charge is -2.17. The number of rotatable bonds is 8. The molecule has 0 aliphatic carbocycles. The molecule has 0 spiro atoms. The maximum atomic E-state index is 13.3. The van der Waals surface area contributed by atoms with Crippen molar-refractivity contribution in [2.24, 2.45) is 5.10 Å². The largest absolute Gasteiger partial charge is 0.465 e. The maximum Gasteiger partial charge on any atom is 0.427 e. The van der Waals surface area contributed by atoms with Gasteiger partial charge in [-0.3, -0.25) is 19.4 Å². The number of hydrogen-bond acceptors (Lipinski definition) is 9. The average Bonchev–Trinajstić information content (AvgIpc) is 2.86. The van der Waals surface area contributed by atoms with Crippen LogP contribution in [0.15, 0.2) is 59.8 Å². The van der Waals surface area contributed by atoms with E-state index in [0.29, 0.717) is 22.3 Å². The Bertz CT molecular complexity index is 1290. The molecule has 2 aromatic carbocycles. The Balaban J connectivity index is 2.05. The van der Waals surface area contributed by atoms with Crippen molar-refractivity contribution < 1.29 is 28.7 Å². The van der Waals surface area contributed by atoms with E-state index in [2.05, 4.69) is 30.5 Å². The average molecular weight is 477 g/mol. The number of para-hydroxylation sites is 2. The molecule has 180 valence electrons. The molecule has 0 saturated carbocycles. The van der Waals surface area contributed by atoms with Gasteiger partial charge in [0, 0.05) is 11.3 Å². The van der Waals surface area contributed by atoms with Gasteiger partial charge in [-0.1, -0.05) is 12.1 Å². The van der Waals surface area contributed by atoms with E-state index in [-0.39, 0.29) is 18.1 Å². The van der Waals surface area contributed by atoms with Gasteiger partial charge >= 0.3 is 12.1 Å². The summed E-state index contributed by atoms with van der Waals surface area (Å²) in [6.45, 7) is 3.06. The summed E-state index contributed by atoms with van der Waals surface area (Å²) < 4.78 is 9.70. The van der Waals surface area contributed by atoms with Crippen LogP contribution in [-0.4, -0.2) is 53.1 Å². The lowest BCUT2D eigenvalue weighted by molar-refractivity contribution is -0.143. The highest BCUT2D eigenvalue weighted by Gasteiger charge is 2.35. The number of esters is 1. The van der Waals surface area contributed by atoms with Crippen molar-refractivity contribution in [2.45, 2.75) is 19.8 Å². The van der Waals surface area contributed by atoms with Crippen molar-refractivity contribution in [3.63, 3.8) is 0 Å². The molecule has 0 fully saturated rings. The third-order valence-corrected chi connectivity index (χ3v) is 4.79. The number of carbonyl (C=O) groups excluding carboxylic acids is 4. The molecular weight excluding hydrogens is 454 g/mol. The van der Waals surface area contributed by atoms with Crippen LogP contribution in [0.5, 0.6) is 0 Å². The number of nitrogens with one attached hydrogen (secondary N) is 2. The highest BCUT2D eigenvalue weighted by Crippen LogP contribution is 2.21. The zero-order valence-corrected chi connectivity index (χ0v) is 19.3. The molecule has 2 amide bonds. The van der Waals surface area contributed by atoms with E-state index < -0.39 is 29.6 Å². The van der Waals surface area contributed by atoms with Crippen LogP contribution in [0, 0.1) is 0 Å². The first kappa shape index (κ1) is 25.0. The summed E-state index contributed by atoms with van der Waals surface area (Å²) in [5, 5.41) is 6.46. The third-order valence-electron chi connectivity index (χ3n) is 4.79. The Morgan fingerprint density at radius 3 is 2.34 bits per heavy atom. The summed E-state index contributed by atoms with van der Waals surface area (Å²) in [7, 11) is 1.12. The number of benzene rings is 2. The van der Waals surface area contributed by atoms with Crippen molar-refractivity contribution in [3.8, 4) is 0 Å². The number of amides is 2. The summed E-state index contributed by atoms with van der Waals surface area (Å²) in [5.74, 6) is -3.18. The van der Waals surface area contributed by atoms with Crippen molar-refractivity contribution >= 4 is 46.2 Å². The van der Waals surface area contributed by atoms with Gasteiger partial charge in [0.25, 0.3) is 5.91 Å². The SMILES string of the molecule is CCOC(=O)C(/C(=N\NC(=O)OC)C(=O)Nc1ccc(C(C)=O)cc1)c1cnc2ccccc2n1. The Labute approximate surface area is 200 Å². The van der Waals surface area contributed by atoms with Crippen LogP contribution < -0.4 is 10.7 Å². The molecule has 11 nitrogen and oxygen atoms in total. The van der Waals surface area contributed by atoms with Crippen LogP contribution in [0.3, 0.4) is 0 Å². The van der Waals surface area contributed by atoms with E-state index in [1.54, 1.807) is 43.3 Å². The smallest absolute Gasteiger partial charge is 0.427 e. The summed E-state index contributed by atoms with van der Waals surface area (Å²) >= 11 is 0. The number of ketones is 1. The van der Waals surface area contributed by atoms with Gasteiger partial charge in [0.1, 0.15) is 11.6 Å². The minimum absolute atomic E-state index is 0.0299. The van der Waals surface area contributed by atoms with E-state index >= 15 is 0 Å². The molecule has 1 unspecified atom stereocenters. The van der Waals surface area contributed by atoms with Crippen LogP contribution in [-0.2, 0) is 19.1 Å². The second-order valence-corrected chi connectivity index (χ2v) is 7.16. The second-order valence-electron chi connectivity index (χ2n) is 7.16. The molecule has 0 radical (unpaired) electrons. The van der Waals surface area contributed by atoms with E-state index in [1.165, 1.54) is 25.3 Å². The van der Waals surface area contributed by atoms with Crippen LogP contribution in [0.1, 0.15) is 35.8 Å². The quantitative estimate of drug-likeness (QED) is 0.218. The van der Waals surface area contributed by atoms with Crippen molar-refractivity contribution in [2.75, 3.05) is 19.0 Å². The van der Waals surface area contributed by atoms with Crippen molar-refractivity contribution in [1.82, 2.24) is 15.4 Å². The lowest BCUT2D eigenvalue weighted by Crippen LogP contribution is -2.36. The number of hydrogen-bond donors (Lipinski definition) is 2. The fourth-order valence-electron chi connectivity index (χ4n) is 3.09. The minimum Gasteiger partial charge on any atom is -0.465 e. The van der Waals surface area contributed by atoms with Gasteiger partial charge in [-0.15, -0.1) is 0 Å². The number of fused-ring (bicyclic) bond motifs is 1. The fourth-order valence-corrected chi connectivity index (χ4v) is 3.09. The number of anilines is 1. The first-order valence-electron chi connectivity index (χ1n) is 10.6. The number of aromatic nitrogens is 2. The molecule has 11 heteroatoms. The predicted molar refractivity (Wildman–Crippen MR) is 127 cm³/mol. The Hall–Kier alpha value is -4.67. The van der Waals surface area contributed by atoms with Crippen LogP contribution in [0.25, 0.3) is 11.0 Å². The first-order chi connectivity index (χ1) is 16.8. The van der Waals surface area contributed by atoms with Gasteiger partial charge in [0.05, 0.1) is 36.6 Å². The number of hydrazone groups is 1. The first-order valence-corrected chi connectivity index (χ1v) is 10.6. The topological polar surface area (TPSA) is 149 Å². The van der Waals surface area contributed by atoms with E-state index in [0.717, 1.165) is 7.11 Å². The molecule has 0 saturated heterocycles. The van der Waals surface area contributed by atoms with Gasteiger partial charge in [0.15, 0.2) is 5.78 Å². The van der Waals surface area contributed by atoms with Crippen molar-refractivity contribution in [3.05, 3.63) is 66.0 Å². The Kier molecular flexibility index (Phi) is 8.17. The van der Waals surface area contributed by atoms with Gasteiger partial charge in [-0.2, -0.15) is 5.10 Å². The monoisotopic (exact) mass is 477 g/mol. The Morgan fingerprint density at radius 1 is 1.03 bits per heavy atom. The Morgan fingerprint density at radius 2 is 1.71 bits per heavy atom. The second kappa shape index (κ2) is 11.5. The van der Waals surface area contributed by atoms with E-state index in [9.17, 15) is 19.2 Å². The molecular formula is C24H23N5O6. The standard InChI is InChI=1S/C24H23N5O6/c1-4-35-23(32)20(19-13-25-17-7-5-6-8-18(17)27-19)21(28-29-24(33)34-3)22(31)26-16-11-9-15(10-12-16)14(2)30/h5-13,20H,4H2,1-3H3,(H,26,31)(H,29,33)/b28-21+. The lowest BCUT2D eigenvalue weighted by atomic mass is 9.98. The molecule has 1 atom stereocenters. The summed E-state index contributed by atoms with van der Waals surface area (Å²) in [6, 6.07) is 13.1. The number of methoxy groups -OCH3 is 1. The van der Waals surface area contributed by atoms with Gasteiger partial charge in [-0.25, -0.2) is 15.2 Å². The number of Topliss-reactive ketones (excluding diaryl/α,β-unsaturated/α-hetero) is 1. The summed E-state index contributed by atoms with van der Waals surface area (Å²) in [4.78, 5) is 58.2.